The van der Waals surface area contributed by atoms with Gasteiger partial charge in [0.2, 0.25) is 11.8 Å². The number of carbonyl (C=O) groups excluding carboxylic acids is 4. The van der Waals surface area contributed by atoms with Gasteiger partial charge < -0.3 is 25.2 Å². The van der Waals surface area contributed by atoms with Gasteiger partial charge in [-0.15, -0.1) is 0 Å². The monoisotopic (exact) mass is 575 g/mol. The zero-order chi connectivity index (χ0) is 30.3. The number of carbonyl (C=O) groups is 4. The van der Waals surface area contributed by atoms with Crippen molar-refractivity contribution in [3.05, 3.63) is 83.5 Å². The number of rotatable bonds is 14. The van der Waals surface area contributed by atoms with Crippen molar-refractivity contribution in [2.45, 2.75) is 70.7 Å². The lowest BCUT2D eigenvalue weighted by molar-refractivity contribution is -0.133. The molecule has 11 nitrogen and oxygen atoms in total. The van der Waals surface area contributed by atoms with Crippen LogP contribution in [0, 0.1) is 12.8 Å². The van der Waals surface area contributed by atoms with Crippen molar-refractivity contribution in [3.8, 4) is 0 Å². The largest absolute Gasteiger partial charge is 0.361 e. The lowest BCUT2D eigenvalue weighted by atomic mass is 9.93. The molecule has 1 aliphatic rings. The summed E-state index contributed by atoms with van der Waals surface area (Å²) in [5, 5.41) is 12.2. The van der Waals surface area contributed by atoms with Crippen molar-refractivity contribution in [2.24, 2.45) is 5.92 Å². The van der Waals surface area contributed by atoms with Gasteiger partial charge >= 0.3 is 0 Å². The SMILES string of the molecule is Cc1cc(C(=O)NC(Cc2ccncc2)C(=O)N[C@@H](Cc2ccccc2)C(=O)NC(CC(C)C)C(=O)[C@@]2(C)CO2)no1. The Morgan fingerprint density at radius 3 is 2.00 bits per heavy atom. The number of ether oxygens (including phenoxy) is 1. The number of nitrogens with one attached hydrogen (secondary N) is 3. The summed E-state index contributed by atoms with van der Waals surface area (Å²) in [6.07, 6.45) is 3.92. The van der Waals surface area contributed by atoms with E-state index in [-0.39, 0.29) is 30.2 Å². The predicted molar refractivity (Wildman–Crippen MR) is 153 cm³/mol. The van der Waals surface area contributed by atoms with Crippen molar-refractivity contribution in [3.63, 3.8) is 0 Å². The van der Waals surface area contributed by atoms with Crippen LogP contribution in [0.4, 0.5) is 0 Å². The van der Waals surface area contributed by atoms with Crippen LogP contribution in [0.15, 0.2) is 65.4 Å². The molecular weight excluding hydrogens is 538 g/mol. The molecule has 2 unspecified atom stereocenters. The number of aryl methyl sites for hydroxylation is 1. The van der Waals surface area contributed by atoms with Crippen LogP contribution in [0.3, 0.4) is 0 Å². The highest BCUT2D eigenvalue weighted by molar-refractivity contribution is 5.99. The summed E-state index contributed by atoms with van der Waals surface area (Å²) in [7, 11) is 0. The highest BCUT2D eigenvalue weighted by Gasteiger charge is 2.50. The number of aromatic nitrogens is 2. The molecule has 11 heteroatoms. The Morgan fingerprint density at radius 2 is 1.45 bits per heavy atom. The van der Waals surface area contributed by atoms with Crippen LogP contribution in [-0.2, 0) is 32.0 Å². The minimum Gasteiger partial charge on any atom is -0.361 e. The average molecular weight is 576 g/mol. The zero-order valence-corrected chi connectivity index (χ0v) is 24.3. The summed E-state index contributed by atoms with van der Waals surface area (Å²) < 4.78 is 10.4. The lowest BCUT2D eigenvalue weighted by Gasteiger charge is -2.26. The van der Waals surface area contributed by atoms with Crippen LogP contribution in [0.2, 0.25) is 0 Å². The van der Waals surface area contributed by atoms with Crippen molar-refractivity contribution < 1.29 is 28.4 Å². The second-order valence-electron chi connectivity index (χ2n) is 11.2. The standard InChI is InChI=1S/C31H37N5O6/c1-19(2)14-23(27(37)31(4)18-41-31)33-28(38)24(16-21-8-6-5-7-9-21)34-29(39)25(17-22-10-12-32-13-11-22)35-30(40)26-15-20(3)42-36-26/h5-13,15,19,23-25H,14,16-18H2,1-4H3,(H,33,38)(H,34,39)(H,35,40)/t23?,24-,25?,31+/m0/s1. The molecule has 4 rings (SSSR count). The highest BCUT2D eigenvalue weighted by Crippen LogP contribution is 2.29. The van der Waals surface area contributed by atoms with Crippen molar-refractivity contribution in [1.82, 2.24) is 26.1 Å². The van der Waals surface area contributed by atoms with Crippen LogP contribution >= 0.6 is 0 Å². The van der Waals surface area contributed by atoms with Gasteiger partial charge in [-0.3, -0.25) is 24.2 Å². The van der Waals surface area contributed by atoms with Crippen LogP contribution in [0.5, 0.6) is 0 Å². The smallest absolute Gasteiger partial charge is 0.274 e. The van der Waals surface area contributed by atoms with E-state index < -0.39 is 41.4 Å². The second kappa shape index (κ2) is 13.5. The molecule has 0 bridgehead atoms. The van der Waals surface area contributed by atoms with Gasteiger partial charge in [0.1, 0.15) is 23.4 Å². The molecule has 0 aliphatic carbocycles. The highest BCUT2D eigenvalue weighted by atomic mass is 16.6. The van der Waals surface area contributed by atoms with Gasteiger partial charge in [0.25, 0.3) is 5.91 Å². The molecule has 222 valence electrons. The summed E-state index contributed by atoms with van der Waals surface area (Å²) in [4.78, 5) is 57.6. The first-order valence-corrected chi connectivity index (χ1v) is 14.0. The van der Waals surface area contributed by atoms with E-state index in [0.29, 0.717) is 18.8 Å². The first-order valence-electron chi connectivity index (χ1n) is 14.0. The van der Waals surface area contributed by atoms with E-state index in [1.54, 1.807) is 38.4 Å². The van der Waals surface area contributed by atoms with Crippen molar-refractivity contribution in [2.75, 3.05) is 6.61 Å². The van der Waals surface area contributed by atoms with E-state index in [1.807, 2.05) is 44.2 Å². The maximum Gasteiger partial charge on any atom is 0.274 e. The number of amides is 3. The Balaban J connectivity index is 1.56. The van der Waals surface area contributed by atoms with Gasteiger partial charge in [-0.25, -0.2) is 0 Å². The molecule has 1 aliphatic heterocycles. The van der Waals surface area contributed by atoms with Gasteiger partial charge in [0.05, 0.1) is 12.6 Å². The third kappa shape index (κ3) is 8.32. The minimum absolute atomic E-state index is 0.0319. The molecule has 3 aromatic rings. The molecule has 42 heavy (non-hydrogen) atoms. The molecule has 4 atom stereocenters. The second-order valence-corrected chi connectivity index (χ2v) is 11.2. The molecule has 0 radical (unpaired) electrons. The number of nitrogens with zero attached hydrogens (tertiary/aromatic N) is 2. The fraction of sp³-hybridized carbons (Fsp3) is 0.419. The number of epoxide rings is 1. The Labute approximate surface area is 244 Å². The zero-order valence-electron chi connectivity index (χ0n) is 24.3. The molecular formula is C31H37N5O6. The normalized spacial score (nSPS) is 18.0. The fourth-order valence-corrected chi connectivity index (χ4v) is 4.60. The topological polar surface area (TPSA) is 156 Å². The third-order valence-corrected chi connectivity index (χ3v) is 7.03. The van der Waals surface area contributed by atoms with Crippen LogP contribution in [0.1, 0.15) is 54.6 Å². The number of ketones is 1. The number of Topliss-reactive ketones (excluding diaryl/α,β-unsaturated/α-hetero) is 1. The van der Waals surface area contributed by atoms with E-state index in [1.165, 1.54) is 6.07 Å². The summed E-state index contributed by atoms with van der Waals surface area (Å²) >= 11 is 0. The maximum absolute atomic E-state index is 13.7. The molecule has 1 aromatic carbocycles. The van der Waals surface area contributed by atoms with Crippen LogP contribution < -0.4 is 16.0 Å². The van der Waals surface area contributed by atoms with Gasteiger partial charge in [-0.05, 0) is 49.4 Å². The Bertz CT molecular complexity index is 1390. The predicted octanol–water partition coefficient (Wildman–Crippen LogP) is 2.34. The van der Waals surface area contributed by atoms with E-state index in [9.17, 15) is 19.2 Å². The molecule has 3 N–H and O–H groups in total. The van der Waals surface area contributed by atoms with Gasteiger partial charge in [0, 0.05) is 31.3 Å². The number of hydrogen-bond donors (Lipinski definition) is 3. The molecule has 1 saturated heterocycles. The van der Waals surface area contributed by atoms with Crippen LogP contribution in [-0.4, -0.2) is 64.0 Å². The number of hydrogen-bond acceptors (Lipinski definition) is 8. The Hall–Kier alpha value is -4.38. The van der Waals surface area contributed by atoms with E-state index >= 15 is 0 Å². The molecule has 3 heterocycles. The minimum atomic E-state index is -1.05. The van der Waals surface area contributed by atoms with Crippen LogP contribution in [0.25, 0.3) is 0 Å². The van der Waals surface area contributed by atoms with E-state index in [4.69, 9.17) is 9.26 Å². The summed E-state index contributed by atoms with van der Waals surface area (Å²) in [5.41, 5.74) is 0.690. The van der Waals surface area contributed by atoms with E-state index in [0.717, 1.165) is 11.1 Å². The van der Waals surface area contributed by atoms with Crippen molar-refractivity contribution >= 4 is 23.5 Å². The summed E-state index contributed by atoms with van der Waals surface area (Å²) in [6.45, 7) is 7.61. The molecule has 1 fully saturated rings. The summed E-state index contributed by atoms with van der Waals surface area (Å²) in [6, 6.07) is 11.3. The van der Waals surface area contributed by atoms with Gasteiger partial charge in [-0.2, -0.15) is 0 Å². The van der Waals surface area contributed by atoms with Crippen molar-refractivity contribution in [1.29, 1.82) is 0 Å². The third-order valence-electron chi connectivity index (χ3n) is 7.03. The maximum atomic E-state index is 13.7. The molecule has 0 saturated carbocycles. The molecule has 0 spiro atoms. The lowest BCUT2D eigenvalue weighted by Crippen LogP contribution is -2.57. The number of benzene rings is 1. The first kappa shape index (κ1) is 30.6. The first-order chi connectivity index (χ1) is 20.0. The molecule has 3 amide bonds. The summed E-state index contributed by atoms with van der Waals surface area (Å²) in [5.74, 6) is -1.28. The Kier molecular flexibility index (Phi) is 9.84. The Morgan fingerprint density at radius 1 is 0.881 bits per heavy atom. The number of pyridine rings is 1. The van der Waals surface area contributed by atoms with Gasteiger partial charge in [0.15, 0.2) is 11.5 Å². The average Bonchev–Trinajstić information content (AvgIpc) is 3.57. The van der Waals surface area contributed by atoms with E-state index in [2.05, 4.69) is 26.1 Å². The van der Waals surface area contributed by atoms with Gasteiger partial charge in [-0.1, -0.05) is 49.3 Å². The molecule has 2 aromatic heterocycles. The fourth-order valence-electron chi connectivity index (χ4n) is 4.60. The quantitative estimate of drug-likeness (QED) is 0.247.